The van der Waals surface area contributed by atoms with Gasteiger partial charge in [-0.05, 0) is 19.3 Å². The van der Waals surface area contributed by atoms with E-state index in [0.717, 1.165) is 6.42 Å². The molecule has 162 valence electrons. The predicted molar refractivity (Wildman–Crippen MR) is 115 cm³/mol. The Morgan fingerprint density at radius 3 is 1.85 bits per heavy atom. The maximum atomic E-state index is 9.25. The van der Waals surface area contributed by atoms with Crippen LogP contribution in [0.4, 0.5) is 0 Å². The van der Waals surface area contributed by atoms with Crippen molar-refractivity contribution >= 4 is 0 Å². The van der Waals surface area contributed by atoms with Gasteiger partial charge in [0, 0.05) is 12.5 Å². The van der Waals surface area contributed by atoms with Crippen LogP contribution in [0.1, 0.15) is 117 Å². The van der Waals surface area contributed by atoms with Gasteiger partial charge in [0.25, 0.3) is 0 Å². The van der Waals surface area contributed by atoms with E-state index in [1.807, 2.05) is 0 Å². The molecule has 3 heteroatoms. The zero-order chi connectivity index (χ0) is 19.6. The van der Waals surface area contributed by atoms with E-state index >= 15 is 0 Å². The first-order chi connectivity index (χ1) is 13.3. The number of aliphatic hydroxyl groups is 1. The van der Waals surface area contributed by atoms with Gasteiger partial charge >= 0.3 is 0 Å². The number of rotatable bonds is 19. The third-order valence-corrected chi connectivity index (χ3v) is 5.95. The Labute approximate surface area is 169 Å². The Hall–Kier alpha value is -0.120. The van der Waals surface area contributed by atoms with Crippen LogP contribution in [-0.4, -0.2) is 37.1 Å². The molecule has 0 bridgehead atoms. The zero-order valence-corrected chi connectivity index (χ0v) is 18.4. The lowest BCUT2D eigenvalue weighted by Crippen LogP contribution is -2.21. The van der Waals surface area contributed by atoms with E-state index in [0.29, 0.717) is 25.2 Å². The van der Waals surface area contributed by atoms with Crippen molar-refractivity contribution in [3.8, 4) is 0 Å². The summed E-state index contributed by atoms with van der Waals surface area (Å²) in [7, 11) is 0. The fourth-order valence-corrected chi connectivity index (χ4v) is 4.06. The second-order valence-corrected chi connectivity index (χ2v) is 8.66. The normalized spacial score (nSPS) is 21.0. The molecule has 1 fully saturated rings. The summed E-state index contributed by atoms with van der Waals surface area (Å²) >= 11 is 0. The van der Waals surface area contributed by atoms with E-state index in [9.17, 15) is 5.11 Å². The van der Waals surface area contributed by atoms with Crippen LogP contribution in [0, 0.1) is 5.92 Å². The van der Waals surface area contributed by atoms with Gasteiger partial charge in [-0.2, -0.15) is 0 Å². The van der Waals surface area contributed by atoms with E-state index < -0.39 is 0 Å². The summed E-state index contributed by atoms with van der Waals surface area (Å²) in [6.45, 7) is 6.21. The van der Waals surface area contributed by atoms with Crippen LogP contribution in [-0.2, 0) is 9.47 Å². The number of aliphatic hydroxyl groups excluding tert-OH is 1. The standard InChI is InChI=1S/C24H48O3/c1-3-5-7-9-10-11-12-13-15-17-23(16-14-8-6-4-2)27-21-24-18-22(19-25)20-26-24/h22-25H,3-21H2,1-2H3. The predicted octanol–water partition coefficient (Wildman–Crippen LogP) is 6.66. The first-order valence-corrected chi connectivity index (χ1v) is 12.1. The van der Waals surface area contributed by atoms with E-state index in [1.165, 1.54) is 96.3 Å². The van der Waals surface area contributed by atoms with Crippen LogP contribution >= 0.6 is 0 Å². The van der Waals surface area contributed by atoms with Crippen molar-refractivity contribution in [2.24, 2.45) is 5.92 Å². The van der Waals surface area contributed by atoms with Crippen LogP contribution in [0.5, 0.6) is 0 Å². The second-order valence-electron chi connectivity index (χ2n) is 8.66. The van der Waals surface area contributed by atoms with E-state index in [2.05, 4.69) is 13.8 Å². The third-order valence-electron chi connectivity index (χ3n) is 5.95. The highest BCUT2D eigenvalue weighted by atomic mass is 16.5. The van der Waals surface area contributed by atoms with Gasteiger partial charge in [0.05, 0.1) is 25.4 Å². The summed E-state index contributed by atoms with van der Waals surface area (Å²) in [5.41, 5.74) is 0. The highest BCUT2D eigenvalue weighted by molar-refractivity contribution is 4.73. The lowest BCUT2D eigenvalue weighted by molar-refractivity contribution is -0.0278. The Kier molecular flexibility index (Phi) is 16.6. The molecule has 0 spiro atoms. The van der Waals surface area contributed by atoms with Crippen LogP contribution in [0.3, 0.4) is 0 Å². The monoisotopic (exact) mass is 384 g/mol. The van der Waals surface area contributed by atoms with Crippen LogP contribution < -0.4 is 0 Å². The maximum Gasteiger partial charge on any atom is 0.0813 e. The van der Waals surface area contributed by atoms with Crippen molar-refractivity contribution in [3.05, 3.63) is 0 Å². The lowest BCUT2D eigenvalue weighted by Gasteiger charge is -2.20. The molecule has 0 aromatic carbocycles. The van der Waals surface area contributed by atoms with E-state index in [4.69, 9.17) is 9.47 Å². The quantitative estimate of drug-likeness (QED) is 0.253. The highest BCUT2D eigenvalue weighted by Gasteiger charge is 2.25. The Morgan fingerprint density at radius 1 is 0.815 bits per heavy atom. The lowest BCUT2D eigenvalue weighted by atomic mass is 10.0. The molecule has 3 unspecified atom stereocenters. The van der Waals surface area contributed by atoms with Crippen molar-refractivity contribution in [3.63, 3.8) is 0 Å². The molecular weight excluding hydrogens is 336 g/mol. The van der Waals surface area contributed by atoms with Gasteiger partial charge < -0.3 is 14.6 Å². The SMILES string of the molecule is CCCCCCCCCCCC(CCCCCC)OCC1CC(CO)CO1. The Bertz CT molecular complexity index is 308. The first-order valence-electron chi connectivity index (χ1n) is 12.1. The number of unbranched alkanes of at least 4 members (excludes halogenated alkanes) is 11. The van der Waals surface area contributed by atoms with E-state index in [1.54, 1.807) is 0 Å². The summed E-state index contributed by atoms with van der Waals surface area (Å²) in [4.78, 5) is 0. The van der Waals surface area contributed by atoms with Gasteiger partial charge in [-0.1, -0.05) is 97.3 Å². The van der Waals surface area contributed by atoms with Gasteiger partial charge in [-0.3, -0.25) is 0 Å². The maximum absolute atomic E-state index is 9.25. The summed E-state index contributed by atoms with van der Waals surface area (Å²) in [6.07, 6.45) is 21.7. The first kappa shape index (κ1) is 24.9. The van der Waals surface area contributed by atoms with Gasteiger partial charge in [-0.15, -0.1) is 0 Å². The third kappa shape index (κ3) is 13.7. The Balaban J connectivity index is 2.12. The molecule has 3 atom stereocenters. The van der Waals surface area contributed by atoms with Crippen LogP contribution in [0.25, 0.3) is 0 Å². The Morgan fingerprint density at radius 2 is 1.33 bits per heavy atom. The average Bonchev–Trinajstić information content (AvgIpc) is 3.15. The minimum atomic E-state index is 0.198. The van der Waals surface area contributed by atoms with Crippen LogP contribution in [0.2, 0.25) is 0 Å². The topological polar surface area (TPSA) is 38.7 Å². The number of ether oxygens (including phenoxy) is 2. The molecule has 1 rings (SSSR count). The van der Waals surface area contributed by atoms with Gasteiger partial charge in [-0.25, -0.2) is 0 Å². The molecule has 1 aliphatic heterocycles. The minimum Gasteiger partial charge on any atom is -0.396 e. The summed E-state index contributed by atoms with van der Waals surface area (Å²) in [5.74, 6) is 0.318. The van der Waals surface area contributed by atoms with Crippen molar-refractivity contribution in [1.29, 1.82) is 0 Å². The zero-order valence-electron chi connectivity index (χ0n) is 18.4. The van der Waals surface area contributed by atoms with Gasteiger partial charge in [0.15, 0.2) is 0 Å². The molecule has 0 aromatic rings. The van der Waals surface area contributed by atoms with E-state index in [-0.39, 0.29) is 12.7 Å². The summed E-state index contributed by atoms with van der Waals surface area (Å²) in [6, 6.07) is 0. The molecule has 1 N–H and O–H groups in total. The molecule has 0 saturated carbocycles. The summed E-state index contributed by atoms with van der Waals surface area (Å²) < 4.78 is 12.0. The second kappa shape index (κ2) is 17.9. The molecule has 1 heterocycles. The van der Waals surface area contributed by atoms with Gasteiger partial charge in [0.2, 0.25) is 0 Å². The van der Waals surface area contributed by atoms with Crippen molar-refractivity contribution in [2.45, 2.75) is 129 Å². The summed E-state index contributed by atoms with van der Waals surface area (Å²) in [5, 5.41) is 9.25. The molecule has 0 aliphatic carbocycles. The minimum absolute atomic E-state index is 0.198. The largest absolute Gasteiger partial charge is 0.396 e. The molecule has 3 nitrogen and oxygen atoms in total. The smallest absolute Gasteiger partial charge is 0.0813 e. The van der Waals surface area contributed by atoms with Gasteiger partial charge in [0.1, 0.15) is 0 Å². The molecule has 0 radical (unpaired) electrons. The molecule has 1 saturated heterocycles. The van der Waals surface area contributed by atoms with Crippen molar-refractivity contribution in [2.75, 3.05) is 19.8 Å². The number of hydrogen-bond donors (Lipinski definition) is 1. The molecule has 0 aromatic heterocycles. The highest BCUT2D eigenvalue weighted by Crippen LogP contribution is 2.22. The van der Waals surface area contributed by atoms with Crippen molar-refractivity contribution in [1.82, 2.24) is 0 Å². The average molecular weight is 385 g/mol. The van der Waals surface area contributed by atoms with Crippen molar-refractivity contribution < 1.29 is 14.6 Å². The molecular formula is C24H48O3. The fraction of sp³-hybridized carbons (Fsp3) is 1.00. The fourth-order valence-electron chi connectivity index (χ4n) is 4.06. The van der Waals surface area contributed by atoms with Crippen LogP contribution in [0.15, 0.2) is 0 Å². The molecule has 0 amide bonds. The number of hydrogen-bond acceptors (Lipinski definition) is 3. The molecule has 27 heavy (non-hydrogen) atoms. The molecule has 1 aliphatic rings.